The summed E-state index contributed by atoms with van der Waals surface area (Å²) in [4.78, 5) is 0. The molecule has 1 atom stereocenters. The Labute approximate surface area is 87.7 Å². The summed E-state index contributed by atoms with van der Waals surface area (Å²) in [5.41, 5.74) is 0. The molecule has 0 spiro atoms. The molecule has 0 amide bonds. The molecule has 80 valence electrons. The molecule has 0 heterocycles. The minimum absolute atomic E-state index is 0.104. The van der Waals surface area contributed by atoms with Gasteiger partial charge in [-0.05, 0) is 24.3 Å². The Morgan fingerprint density at radius 1 is 1.40 bits per heavy atom. The van der Waals surface area contributed by atoms with E-state index in [1.165, 1.54) is 24.3 Å². The predicted octanol–water partition coefficient (Wildman–Crippen LogP) is 1.87. The number of ether oxygens (including phenoxy) is 1. The highest BCUT2D eigenvalue weighted by Crippen LogP contribution is 2.11. The van der Waals surface area contributed by atoms with Crippen LogP contribution in [0.1, 0.15) is 12.8 Å². The Balaban J connectivity index is 2.26. The lowest BCUT2D eigenvalue weighted by Gasteiger charge is -2.08. The standard InChI is InChI=1S/C11H12FNO2/c12-9-1-3-11(4-2-9)15-8-6-10(14)5-7-13/h1-4,10,14H,5-6,8H2. The van der Waals surface area contributed by atoms with Crippen molar-refractivity contribution in [3.8, 4) is 11.8 Å². The summed E-state index contributed by atoms with van der Waals surface area (Å²) in [6.45, 7) is 0.314. The quantitative estimate of drug-likeness (QED) is 0.805. The van der Waals surface area contributed by atoms with Gasteiger partial charge < -0.3 is 9.84 Å². The molecule has 0 aliphatic rings. The third-order valence-corrected chi connectivity index (χ3v) is 1.86. The maximum atomic E-state index is 12.5. The van der Waals surface area contributed by atoms with Crippen molar-refractivity contribution in [2.45, 2.75) is 18.9 Å². The van der Waals surface area contributed by atoms with Gasteiger partial charge in [0.25, 0.3) is 0 Å². The molecule has 0 bridgehead atoms. The molecular weight excluding hydrogens is 197 g/mol. The van der Waals surface area contributed by atoms with Gasteiger partial charge in [0.2, 0.25) is 0 Å². The van der Waals surface area contributed by atoms with Gasteiger partial charge in [0.1, 0.15) is 11.6 Å². The lowest BCUT2D eigenvalue weighted by atomic mass is 10.2. The number of halogens is 1. The highest BCUT2D eigenvalue weighted by atomic mass is 19.1. The van der Waals surface area contributed by atoms with Gasteiger partial charge in [-0.15, -0.1) is 0 Å². The first kappa shape index (κ1) is 11.5. The van der Waals surface area contributed by atoms with E-state index in [1.54, 1.807) is 0 Å². The molecule has 1 unspecified atom stereocenters. The minimum Gasteiger partial charge on any atom is -0.493 e. The van der Waals surface area contributed by atoms with Crippen molar-refractivity contribution in [1.82, 2.24) is 0 Å². The van der Waals surface area contributed by atoms with Crippen molar-refractivity contribution >= 4 is 0 Å². The summed E-state index contributed by atoms with van der Waals surface area (Å²) in [6, 6.07) is 7.52. The van der Waals surface area contributed by atoms with Gasteiger partial charge in [0, 0.05) is 6.42 Å². The van der Waals surface area contributed by atoms with Crippen LogP contribution in [0.4, 0.5) is 4.39 Å². The van der Waals surface area contributed by atoms with Crippen LogP contribution < -0.4 is 4.74 Å². The Morgan fingerprint density at radius 3 is 2.67 bits per heavy atom. The zero-order valence-electron chi connectivity index (χ0n) is 8.19. The van der Waals surface area contributed by atoms with E-state index in [1.807, 2.05) is 6.07 Å². The third kappa shape index (κ3) is 4.43. The molecule has 1 aromatic carbocycles. The number of benzene rings is 1. The second-order valence-corrected chi connectivity index (χ2v) is 3.11. The van der Waals surface area contributed by atoms with Crippen LogP contribution in [0.3, 0.4) is 0 Å². The fraction of sp³-hybridized carbons (Fsp3) is 0.364. The largest absolute Gasteiger partial charge is 0.493 e. The Hall–Kier alpha value is -1.60. The van der Waals surface area contributed by atoms with Crippen molar-refractivity contribution in [2.24, 2.45) is 0 Å². The maximum Gasteiger partial charge on any atom is 0.123 e. The molecule has 1 N–H and O–H groups in total. The number of rotatable bonds is 5. The van der Waals surface area contributed by atoms with Crippen molar-refractivity contribution in [3.05, 3.63) is 30.1 Å². The van der Waals surface area contributed by atoms with Crippen LogP contribution in [0.5, 0.6) is 5.75 Å². The topological polar surface area (TPSA) is 53.2 Å². The summed E-state index contributed by atoms with van der Waals surface area (Å²) >= 11 is 0. The number of hydrogen-bond donors (Lipinski definition) is 1. The SMILES string of the molecule is N#CCC(O)CCOc1ccc(F)cc1. The minimum atomic E-state index is -0.657. The Kier molecular flexibility index (Phi) is 4.58. The van der Waals surface area contributed by atoms with Crippen LogP contribution in [0.25, 0.3) is 0 Å². The molecule has 0 radical (unpaired) electrons. The van der Waals surface area contributed by atoms with E-state index in [2.05, 4.69) is 0 Å². The molecule has 0 saturated carbocycles. The number of aliphatic hydroxyl groups is 1. The van der Waals surface area contributed by atoms with Crippen molar-refractivity contribution in [1.29, 1.82) is 5.26 Å². The second kappa shape index (κ2) is 5.99. The highest BCUT2D eigenvalue weighted by Gasteiger charge is 2.03. The lowest BCUT2D eigenvalue weighted by molar-refractivity contribution is 0.143. The smallest absolute Gasteiger partial charge is 0.123 e. The third-order valence-electron chi connectivity index (χ3n) is 1.86. The van der Waals surface area contributed by atoms with Crippen molar-refractivity contribution < 1.29 is 14.2 Å². The van der Waals surface area contributed by atoms with Crippen LogP contribution in [0, 0.1) is 17.1 Å². The lowest BCUT2D eigenvalue weighted by Crippen LogP contribution is -2.10. The summed E-state index contributed by atoms with van der Waals surface area (Å²) < 4.78 is 17.7. The molecule has 1 rings (SSSR count). The summed E-state index contributed by atoms with van der Waals surface area (Å²) in [6.07, 6.45) is -0.159. The van der Waals surface area contributed by atoms with Gasteiger partial charge in [-0.25, -0.2) is 4.39 Å². The molecule has 15 heavy (non-hydrogen) atoms. The van der Waals surface area contributed by atoms with Gasteiger partial charge in [-0.2, -0.15) is 5.26 Å². The van der Waals surface area contributed by atoms with Crippen molar-refractivity contribution in [2.75, 3.05) is 6.61 Å². The summed E-state index contributed by atoms with van der Waals surface area (Å²) in [5, 5.41) is 17.5. The van der Waals surface area contributed by atoms with Crippen LogP contribution in [-0.2, 0) is 0 Å². The molecule has 4 heteroatoms. The zero-order valence-corrected chi connectivity index (χ0v) is 8.19. The fourth-order valence-corrected chi connectivity index (χ4v) is 1.05. The van der Waals surface area contributed by atoms with E-state index >= 15 is 0 Å². The van der Waals surface area contributed by atoms with Crippen LogP contribution in [0.15, 0.2) is 24.3 Å². The second-order valence-electron chi connectivity index (χ2n) is 3.11. The first-order chi connectivity index (χ1) is 7.22. The molecular formula is C11H12FNO2. The van der Waals surface area contributed by atoms with Gasteiger partial charge in [0.05, 0.1) is 25.2 Å². The Morgan fingerprint density at radius 2 is 2.07 bits per heavy atom. The normalized spacial score (nSPS) is 11.8. The number of aliphatic hydroxyl groups excluding tert-OH is 1. The fourth-order valence-electron chi connectivity index (χ4n) is 1.05. The van der Waals surface area contributed by atoms with Gasteiger partial charge >= 0.3 is 0 Å². The number of nitrogens with zero attached hydrogens (tertiary/aromatic N) is 1. The zero-order chi connectivity index (χ0) is 11.1. The first-order valence-corrected chi connectivity index (χ1v) is 4.66. The molecule has 0 saturated heterocycles. The maximum absolute atomic E-state index is 12.5. The molecule has 0 aliphatic carbocycles. The van der Waals surface area contributed by atoms with Gasteiger partial charge in [-0.1, -0.05) is 0 Å². The van der Waals surface area contributed by atoms with Crippen LogP contribution in [-0.4, -0.2) is 17.8 Å². The molecule has 0 fully saturated rings. The molecule has 1 aromatic rings. The van der Waals surface area contributed by atoms with Gasteiger partial charge in [0.15, 0.2) is 0 Å². The van der Waals surface area contributed by atoms with E-state index in [0.29, 0.717) is 18.8 Å². The first-order valence-electron chi connectivity index (χ1n) is 4.66. The molecule has 3 nitrogen and oxygen atoms in total. The average molecular weight is 209 g/mol. The Bertz CT molecular complexity index is 331. The van der Waals surface area contributed by atoms with E-state index in [0.717, 1.165) is 0 Å². The van der Waals surface area contributed by atoms with Crippen LogP contribution >= 0.6 is 0 Å². The van der Waals surface area contributed by atoms with Crippen LogP contribution in [0.2, 0.25) is 0 Å². The molecule has 0 aliphatic heterocycles. The van der Waals surface area contributed by atoms with E-state index in [-0.39, 0.29) is 12.2 Å². The molecule has 0 aromatic heterocycles. The monoisotopic (exact) mass is 209 g/mol. The summed E-state index contributed by atoms with van der Waals surface area (Å²) in [5.74, 6) is 0.243. The number of nitriles is 1. The van der Waals surface area contributed by atoms with Crippen molar-refractivity contribution in [3.63, 3.8) is 0 Å². The predicted molar refractivity (Wildman–Crippen MR) is 52.7 cm³/mol. The van der Waals surface area contributed by atoms with E-state index in [9.17, 15) is 9.50 Å². The van der Waals surface area contributed by atoms with E-state index in [4.69, 9.17) is 10.00 Å². The summed E-state index contributed by atoms with van der Waals surface area (Å²) in [7, 11) is 0. The number of hydrogen-bond acceptors (Lipinski definition) is 3. The van der Waals surface area contributed by atoms with Gasteiger partial charge in [-0.3, -0.25) is 0 Å². The average Bonchev–Trinajstić information content (AvgIpc) is 2.21. The highest BCUT2D eigenvalue weighted by molar-refractivity contribution is 5.21. The van der Waals surface area contributed by atoms with E-state index < -0.39 is 6.10 Å².